The largest absolute Gasteiger partial charge is 0.204 e. The van der Waals surface area contributed by atoms with E-state index in [4.69, 9.17) is 0 Å². The third-order valence-corrected chi connectivity index (χ3v) is 2.44. The Morgan fingerprint density at radius 3 is 2.12 bits per heavy atom. The molecule has 0 amide bonds. The maximum atomic E-state index is 13.1. The first-order chi connectivity index (χ1) is 8.11. The monoisotopic (exact) mass is 234 g/mol. The molecule has 86 valence electrons. The lowest BCUT2D eigenvalue weighted by Crippen LogP contribution is -1.91. The Labute approximate surface area is 97.0 Å². The molecule has 0 aromatic heterocycles. The zero-order valence-corrected chi connectivity index (χ0v) is 8.88. The normalized spacial score (nSPS) is 10.3. The molecule has 0 aliphatic heterocycles. The number of rotatable bonds is 2. The summed E-state index contributed by atoms with van der Waals surface area (Å²) >= 11 is 0. The molecule has 0 fully saturated rings. The first-order valence-corrected chi connectivity index (χ1v) is 4.99. The van der Waals surface area contributed by atoms with E-state index in [1.807, 2.05) is 6.07 Å². The summed E-state index contributed by atoms with van der Waals surface area (Å²) in [5.41, 5.74) is 1.73. The molecule has 0 spiro atoms. The van der Waals surface area contributed by atoms with E-state index >= 15 is 0 Å². The summed E-state index contributed by atoms with van der Waals surface area (Å²) in [6.45, 7) is 3.61. The van der Waals surface area contributed by atoms with Crippen molar-refractivity contribution in [3.63, 3.8) is 0 Å². The lowest BCUT2D eigenvalue weighted by molar-refractivity contribution is 0.448. The second-order valence-electron chi connectivity index (χ2n) is 3.58. The summed E-state index contributed by atoms with van der Waals surface area (Å²) in [4.78, 5) is 0. The molecule has 0 bridgehead atoms. The van der Waals surface area contributed by atoms with Crippen LogP contribution >= 0.6 is 0 Å². The van der Waals surface area contributed by atoms with E-state index in [2.05, 4.69) is 6.58 Å². The summed E-state index contributed by atoms with van der Waals surface area (Å²) in [6.07, 6.45) is 1.62. The molecule has 3 heteroatoms. The minimum atomic E-state index is -1.45. The van der Waals surface area contributed by atoms with Gasteiger partial charge in [0.1, 0.15) is 0 Å². The number of benzene rings is 2. The fourth-order valence-corrected chi connectivity index (χ4v) is 1.57. The molecule has 0 aliphatic rings. The number of halogens is 3. The molecule has 17 heavy (non-hydrogen) atoms. The molecular weight excluding hydrogens is 225 g/mol. The SMILES string of the molecule is C=Cc1cccc(-c2cc(F)c(F)c(F)c2)c1. The molecule has 0 atom stereocenters. The van der Waals surface area contributed by atoms with Gasteiger partial charge in [0.25, 0.3) is 0 Å². The van der Waals surface area contributed by atoms with Gasteiger partial charge in [-0.15, -0.1) is 0 Å². The quantitative estimate of drug-likeness (QED) is 0.675. The van der Waals surface area contributed by atoms with E-state index in [0.29, 0.717) is 11.1 Å². The van der Waals surface area contributed by atoms with Gasteiger partial charge in [-0.05, 0) is 34.9 Å². The molecule has 2 rings (SSSR count). The topological polar surface area (TPSA) is 0 Å². The van der Waals surface area contributed by atoms with Crippen LogP contribution in [0.1, 0.15) is 5.56 Å². The third kappa shape index (κ3) is 2.23. The van der Waals surface area contributed by atoms with E-state index in [9.17, 15) is 13.2 Å². The Hall–Kier alpha value is -2.03. The predicted octanol–water partition coefficient (Wildman–Crippen LogP) is 4.41. The molecule has 2 aromatic carbocycles. The average molecular weight is 234 g/mol. The lowest BCUT2D eigenvalue weighted by atomic mass is 10.0. The molecule has 2 aromatic rings. The Morgan fingerprint density at radius 1 is 0.882 bits per heavy atom. The van der Waals surface area contributed by atoms with Gasteiger partial charge in [-0.1, -0.05) is 30.9 Å². The predicted molar refractivity (Wildman–Crippen MR) is 61.8 cm³/mol. The zero-order valence-electron chi connectivity index (χ0n) is 8.88. The highest BCUT2D eigenvalue weighted by molar-refractivity contribution is 5.67. The van der Waals surface area contributed by atoms with E-state index < -0.39 is 17.5 Å². The van der Waals surface area contributed by atoms with Crippen molar-refractivity contribution >= 4 is 6.08 Å². The maximum Gasteiger partial charge on any atom is 0.194 e. The van der Waals surface area contributed by atoms with Gasteiger partial charge < -0.3 is 0 Å². The molecule has 0 N–H and O–H groups in total. The van der Waals surface area contributed by atoms with Crippen LogP contribution in [0.4, 0.5) is 13.2 Å². The highest BCUT2D eigenvalue weighted by Gasteiger charge is 2.11. The molecule has 0 saturated carbocycles. The van der Waals surface area contributed by atoms with Crippen LogP contribution < -0.4 is 0 Å². The van der Waals surface area contributed by atoms with Crippen molar-refractivity contribution in [3.05, 3.63) is 66.0 Å². The number of hydrogen-bond acceptors (Lipinski definition) is 0. The summed E-state index contributed by atoms with van der Waals surface area (Å²) in [7, 11) is 0. The molecule has 0 heterocycles. The second-order valence-corrected chi connectivity index (χ2v) is 3.58. The van der Waals surface area contributed by atoms with Gasteiger partial charge in [-0.25, -0.2) is 13.2 Å². The molecule has 0 unspecified atom stereocenters. The van der Waals surface area contributed by atoms with Crippen molar-refractivity contribution < 1.29 is 13.2 Å². The van der Waals surface area contributed by atoms with E-state index in [1.165, 1.54) is 0 Å². The van der Waals surface area contributed by atoms with E-state index in [1.54, 1.807) is 24.3 Å². The van der Waals surface area contributed by atoms with Crippen LogP contribution in [0.15, 0.2) is 43.0 Å². The summed E-state index contributed by atoms with van der Waals surface area (Å²) in [5.74, 6) is -3.83. The van der Waals surface area contributed by atoms with Gasteiger partial charge in [0.05, 0.1) is 0 Å². The standard InChI is InChI=1S/C14H9F3/c1-2-9-4-3-5-10(6-9)11-7-12(15)14(17)13(16)8-11/h2-8H,1H2. The lowest BCUT2D eigenvalue weighted by Gasteiger charge is -2.04. The van der Waals surface area contributed by atoms with Crippen molar-refractivity contribution in [2.75, 3.05) is 0 Å². The number of hydrogen-bond donors (Lipinski definition) is 0. The zero-order chi connectivity index (χ0) is 12.4. The highest BCUT2D eigenvalue weighted by atomic mass is 19.2. The third-order valence-electron chi connectivity index (χ3n) is 2.44. The molecule has 0 nitrogen and oxygen atoms in total. The molecule has 0 saturated heterocycles. The van der Waals surface area contributed by atoms with Crippen LogP contribution in [0.2, 0.25) is 0 Å². The fraction of sp³-hybridized carbons (Fsp3) is 0. The highest BCUT2D eigenvalue weighted by Crippen LogP contribution is 2.24. The first-order valence-electron chi connectivity index (χ1n) is 4.99. The van der Waals surface area contributed by atoms with Gasteiger partial charge >= 0.3 is 0 Å². The minimum Gasteiger partial charge on any atom is -0.204 e. The van der Waals surface area contributed by atoms with Gasteiger partial charge in [0.15, 0.2) is 17.5 Å². The Kier molecular flexibility index (Phi) is 3.00. The Morgan fingerprint density at radius 2 is 1.53 bits per heavy atom. The summed E-state index contributed by atoms with van der Waals surface area (Å²) < 4.78 is 39.0. The fourth-order valence-electron chi connectivity index (χ4n) is 1.57. The van der Waals surface area contributed by atoms with Crippen LogP contribution in [0.3, 0.4) is 0 Å². The summed E-state index contributed by atoms with van der Waals surface area (Å²) in [6, 6.07) is 8.91. The smallest absolute Gasteiger partial charge is 0.194 e. The van der Waals surface area contributed by atoms with Crippen molar-refractivity contribution in [2.45, 2.75) is 0 Å². The van der Waals surface area contributed by atoms with Crippen LogP contribution in [-0.2, 0) is 0 Å². The maximum absolute atomic E-state index is 13.1. The van der Waals surface area contributed by atoms with Crippen molar-refractivity contribution in [2.24, 2.45) is 0 Å². The summed E-state index contributed by atoms with van der Waals surface area (Å²) in [5, 5.41) is 0. The van der Waals surface area contributed by atoms with Crippen molar-refractivity contribution in [1.29, 1.82) is 0 Å². The van der Waals surface area contributed by atoms with Gasteiger partial charge in [-0.3, -0.25) is 0 Å². The van der Waals surface area contributed by atoms with Gasteiger partial charge in [0.2, 0.25) is 0 Å². The molecule has 0 radical (unpaired) electrons. The average Bonchev–Trinajstić information content (AvgIpc) is 2.35. The second kappa shape index (κ2) is 4.45. The van der Waals surface area contributed by atoms with Crippen LogP contribution in [0, 0.1) is 17.5 Å². The van der Waals surface area contributed by atoms with Crippen molar-refractivity contribution in [3.8, 4) is 11.1 Å². The van der Waals surface area contributed by atoms with E-state index in [0.717, 1.165) is 17.7 Å². The van der Waals surface area contributed by atoms with Crippen LogP contribution in [-0.4, -0.2) is 0 Å². The molecular formula is C14H9F3. The van der Waals surface area contributed by atoms with Crippen molar-refractivity contribution in [1.82, 2.24) is 0 Å². The first kappa shape index (κ1) is 11.5. The minimum absolute atomic E-state index is 0.296. The Bertz CT molecular complexity index is 550. The Balaban J connectivity index is 2.56. The van der Waals surface area contributed by atoms with E-state index in [-0.39, 0.29) is 0 Å². The van der Waals surface area contributed by atoms with Gasteiger partial charge in [-0.2, -0.15) is 0 Å². The molecule has 0 aliphatic carbocycles. The van der Waals surface area contributed by atoms with Crippen LogP contribution in [0.25, 0.3) is 17.2 Å². The van der Waals surface area contributed by atoms with Gasteiger partial charge in [0, 0.05) is 0 Å². The van der Waals surface area contributed by atoms with Crippen LogP contribution in [0.5, 0.6) is 0 Å².